The van der Waals surface area contributed by atoms with Crippen LogP contribution < -0.4 is 0 Å². The largest absolute Gasteiger partial charge is 0.472 e. The maximum Gasteiger partial charge on any atom is 0.248 e. The minimum atomic E-state index is -0.0232. The molecule has 0 aliphatic rings. The summed E-state index contributed by atoms with van der Waals surface area (Å²) in [6.07, 6.45) is 3.31. The second-order valence-corrected chi connectivity index (χ2v) is 3.74. The van der Waals surface area contributed by atoms with Crippen LogP contribution in [0.5, 0.6) is 0 Å². The van der Waals surface area contributed by atoms with Gasteiger partial charge in [0.15, 0.2) is 0 Å². The molecule has 0 spiro atoms. The number of amides is 1. The summed E-state index contributed by atoms with van der Waals surface area (Å²) in [4.78, 5) is 13.2. The summed E-state index contributed by atoms with van der Waals surface area (Å²) in [7, 11) is 1.75. The van der Waals surface area contributed by atoms with Gasteiger partial charge in [0.05, 0.1) is 18.6 Å². The van der Waals surface area contributed by atoms with E-state index in [-0.39, 0.29) is 18.6 Å². The Hall–Kier alpha value is -1.29. The molecule has 0 N–H and O–H groups in total. The molecule has 1 heterocycles. The van der Waals surface area contributed by atoms with E-state index in [4.69, 9.17) is 9.15 Å². The van der Waals surface area contributed by atoms with E-state index < -0.39 is 0 Å². The van der Waals surface area contributed by atoms with Gasteiger partial charge < -0.3 is 14.1 Å². The first-order valence-electron chi connectivity index (χ1n) is 4.96. The van der Waals surface area contributed by atoms with Gasteiger partial charge in [0, 0.05) is 19.2 Å². The van der Waals surface area contributed by atoms with E-state index in [1.807, 2.05) is 19.9 Å². The Morgan fingerprint density at radius 2 is 2.33 bits per heavy atom. The third-order valence-electron chi connectivity index (χ3n) is 1.97. The van der Waals surface area contributed by atoms with E-state index in [1.165, 1.54) is 0 Å². The predicted molar refractivity (Wildman–Crippen MR) is 56.3 cm³/mol. The van der Waals surface area contributed by atoms with Crippen molar-refractivity contribution in [1.29, 1.82) is 0 Å². The maximum absolute atomic E-state index is 11.5. The SMILES string of the molecule is CC(C)OCC(=O)N(C)Cc1ccoc1. The molecule has 0 saturated carbocycles. The van der Waals surface area contributed by atoms with Gasteiger partial charge in [0.25, 0.3) is 0 Å². The summed E-state index contributed by atoms with van der Waals surface area (Å²) >= 11 is 0. The molecule has 0 atom stereocenters. The van der Waals surface area contributed by atoms with Crippen molar-refractivity contribution in [1.82, 2.24) is 4.90 Å². The zero-order valence-corrected chi connectivity index (χ0v) is 9.40. The summed E-state index contributed by atoms with van der Waals surface area (Å²) < 4.78 is 10.2. The van der Waals surface area contributed by atoms with Gasteiger partial charge in [0.2, 0.25) is 5.91 Å². The smallest absolute Gasteiger partial charge is 0.248 e. The average molecular weight is 211 g/mol. The Balaban J connectivity index is 2.33. The monoisotopic (exact) mass is 211 g/mol. The second-order valence-electron chi connectivity index (χ2n) is 3.74. The van der Waals surface area contributed by atoms with Crippen LogP contribution in [0, 0.1) is 0 Å². The normalized spacial score (nSPS) is 10.7. The number of ether oxygens (including phenoxy) is 1. The first kappa shape index (κ1) is 11.8. The number of rotatable bonds is 5. The predicted octanol–water partition coefficient (Wildman–Crippen LogP) is 1.66. The fraction of sp³-hybridized carbons (Fsp3) is 0.545. The maximum atomic E-state index is 11.5. The Labute approximate surface area is 89.8 Å². The van der Waals surface area contributed by atoms with E-state index >= 15 is 0 Å². The highest BCUT2D eigenvalue weighted by Crippen LogP contribution is 2.04. The molecule has 1 aromatic rings. The van der Waals surface area contributed by atoms with Crippen molar-refractivity contribution in [3.05, 3.63) is 24.2 Å². The van der Waals surface area contributed by atoms with Crippen LogP contribution in [-0.2, 0) is 16.1 Å². The molecule has 1 aromatic heterocycles. The first-order valence-corrected chi connectivity index (χ1v) is 4.96. The molecule has 1 rings (SSSR count). The quantitative estimate of drug-likeness (QED) is 0.744. The summed E-state index contributed by atoms with van der Waals surface area (Å²) in [5.41, 5.74) is 0.982. The molecule has 4 heteroatoms. The molecule has 84 valence electrons. The first-order chi connectivity index (χ1) is 7.09. The van der Waals surface area contributed by atoms with Crippen molar-refractivity contribution in [2.45, 2.75) is 26.5 Å². The van der Waals surface area contributed by atoms with Gasteiger partial charge in [-0.25, -0.2) is 0 Å². The zero-order valence-electron chi connectivity index (χ0n) is 9.40. The fourth-order valence-electron chi connectivity index (χ4n) is 1.09. The van der Waals surface area contributed by atoms with E-state index in [2.05, 4.69) is 0 Å². The van der Waals surface area contributed by atoms with Gasteiger partial charge in [-0.2, -0.15) is 0 Å². The molecule has 0 fully saturated rings. The molecule has 0 radical (unpaired) electrons. The van der Waals surface area contributed by atoms with Crippen LogP contribution in [0.25, 0.3) is 0 Å². The Bertz CT molecular complexity index is 293. The Morgan fingerprint density at radius 1 is 1.60 bits per heavy atom. The van der Waals surface area contributed by atoms with Crippen molar-refractivity contribution >= 4 is 5.91 Å². The summed E-state index contributed by atoms with van der Waals surface area (Å²) in [5, 5.41) is 0. The lowest BCUT2D eigenvalue weighted by atomic mass is 10.3. The number of furan rings is 1. The van der Waals surface area contributed by atoms with Gasteiger partial charge in [-0.3, -0.25) is 4.79 Å². The fourth-order valence-corrected chi connectivity index (χ4v) is 1.09. The lowest BCUT2D eigenvalue weighted by Gasteiger charge is -2.17. The number of nitrogens with zero attached hydrogens (tertiary/aromatic N) is 1. The van der Waals surface area contributed by atoms with Crippen molar-refractivity contribution < 1.29 is 13.9 Å². The molecular formula is C11H17NO3. The van der Waals surface area contributed by atoms with E-state index in [0.29, 0.717) is 6.54 Å². The van der Waals surface area contributed by atoms with Gasteiger partial charge in [-0.15, -0.1) is 0 Å². The molecule has 0 aliphatic carbocycles. The molecular weight excluding hydrogens is 194 g/mol. The van der Waals surface area contributed by atoms with Gasteiger partial charge in [-0.1, -0.05) is 0 Å². The van der Waals surface area contributed by atoms with E-state index in [0.717, 1.165) is 5.56 Å². The van der Waals surface area contributed by atoms with Crippen LogP contribution in [0.4, 0.5) is 0 Å². The van der Waals surface area contributed by atoms with Crippen LogP contribution in [0.15, 0.2) is 23.0 Å². The minimum Gasteiger partial charge on any atom is -0.472 e. The molecule has 1 amide bonds. The molecule has 15 heavy (non-hydrogen) atoms. The van der Waals surface area contributed by atoms with Crippen molar-refractivity contribution in [2.75, 3.05) is 13.7 Å². The number of hydrogen-bond acceptors (Lipinski definition) is 3. The van der Waals surface area contributed by atoms with Gasteiger partial charge >= 0.3 is 0 Å². The third kappa shape index (κ3) is 4.16. The molecule has 0 bridgehead atoms. The van der Waals surface area contributed by atoms with Crippen LogP contribution >= 0.6 is 0 Å². The zero-order chi connectivity index (χ0) is 11.3. The highest BCUT2D eigenvalue weighted by atomic mass is 16.5. The minimum absolute atomic E-state index is 0.0232. The summed E-state index contributed by atoms with van der Waals surface area (Å²) in [5.74, 6) is -0.0232. The molecule has 4 nitrogen and oxygen atoms in total. The van der Waals surface area contributed by atoms with Crippen LogP contribution in [0.1, 0.15) is 19.4 Å². The third-order valence-corrected chi connectivity index (χ3v) is 1.97. The Kier molecular flexibility index (Phi) is 4.37. The highest BCUT2D eigenvalue weighted by molar-refractivity contribution is 5.77. The molecule has 0 saturated heterocycles. The topological polar surface area (TPSA) is 42.7 Å². The highest BCUT2D eigenvalue weighted by Gasteiger charge is 2.10. The van der Waals surface area contributed by atoms with E-state index in [9.17, 15) is 4.79 Å². The van der Waals surface area contributed by atoms with Crippen LogP contribution in [-0.4, -0.2) is 30.6 Å². The van der Waals surface area contributed by atoms with Crippen molar-refractivity contribution in [2.24, 2.45) is 0 Å². The summed E-state index contributed by atoms with van der Waals surface area (Å²) in [6, 6.07) is 1.84. The second kappa shape index (κ2) is 5.56. The molecule has 0 unspecified atom stereocenters. The number of likely N-dealkylation sites (N-methyl/N-ethyl adjacent to an activating group) is 1. The molecule has 0 aliphatic heterocycles. The van der Waals surface area contributed by atoms with E-state index in [1.54, 1.807) is 24.5 Å². The number of carbonyl (C=O) groups excluding carboxylic acids is 1. The lowest BCUT2D eigenvalue weighted by Crippen LogP contribution is -2.30. The van der Waals surface area contributed by atoms with Gasteiger partial charge in [-0.05, 0) is 19.9 Å². The summed E-state index contributed by atoms with van der Waals surface area (Å²) in [6.45, 7) is 4.50. The molecule has 0 aromatic carbocycles. The Morgan fingerprint density at radius 3 is 2.87 bits per heavy atom. The van der Waals surface area contributed by atoms with Crippen molar-refractivity contribution in [3.63, 3.8) is 0 Å². The van der Waals surface area contributed by atoms with Crippen molar-refractivity contribution in [3.8, 4) is 0 Å². The number of carbonyl (C=O) groups is 1. The lowest BCUT2D eigenvalue weighted by molar-refractivity contribution is -0.136. The standard InChI is InChI=1S/C11H17NO3/c1-9(2)15-8-11(13)12(3)6-10-4-5-14-7-10/h4-5,7,9H,6,8H2,1-3H3. The average Bonchev–Trinajstić information content (AvgIpc) is 2.66. The van der Waals surface area contributed by atoms with Crippen LogP contribution in [0.2, 0.25) is 0 Å². The number of hydrogen-bond donors (Lipinski definition) is 0. The van der Waals surface area contributed by atoms with Crippen LogP contribution in [0.3, 0.4) is 0 Å². The van der Waals surface area contributed by atoms with Gasteiger partial charge in [0.1, 0.15) is 6.61 Å².